The van der Waals surface area contributed by atoms with E-state index in [-0.39, 0.29) is 0 Å². The lowest BCUT2D eigenvalue weighted by Crippen LogP contribution is -1.91. The summed E-state index contributed by atoms with van der Waals surface area (Å²) in [4.78, 5) is 0. The Balaban J connectivity index is 2.64. The van der Waals surface area contributed by atoms with Crippen LogP contribution in [0.15, 0.2) is 18.2 Å². The molecule has 2 aromatic rings. The number of aromatic nitrogens is 1. The molecule has 1 heterocycles. The van der Waals surface area contributed by atoms with Crippen LogP contribution in [0.5, 0.6) is 5.88 Å². The zero-order chi connectivity index (χ0) is 9.26. The average Bonchev–Trinajstić information content (AvgIpc) is 2.51. The van der Waals surface area contributed by atoms with Gasteiger partial charge in [0.2, 0.25) is 5.88 Å². The summed E-state index contributed by atoms with van der Waals surface area (Å²) in [5, 5.41) is 1.63. The molecule has 0 N–H and O–H groups in total. The van der Waals surface area contributed by atoms with Crippen molar-refractivity contribution in [2.45, 2.75) is 6.92 Å². The van der Waals surface area contributed by atoms with Gasteiger partial charge in [-0.3, -0.25) is 0 Å². The number of hydrogen-bond acceptors (Lipinski definition) is 3. The number of ether oxygens (including phenoxy) is 1. The molecule has 4 heteroatoms. The standard InChI is InChI=1S/C9H8ClNOS/c1-2-12-9-8-6(10)4-3-5-7(8)13-11-9/h3-5H,2H2,1H3. The third-order valence-electron chi connectivity index (χ3n) is 1.70. The van der Waals surface area contributed by atoms with Gasteiger partial charge >= 0.3 is 0 Å². The first-order valence-corrected chi connectivity index (χ1v) is 5.14. The quantitative estimate of drug-likeness (QED) is 0.763. The van der Waals surface area contributed by atoms with E-state index in [1.54, 1.807) is 0 Å². The van der Waals surface area contributed by atoms with Gasteiger partial charge in [0, 0.05) is 0 Å². The predicted octanol–water partition coefficient (Wildman–Crippen LogP) is 3.35. The van der Waals surface area contributed by atoms with Gasteiger partial charge in [0.1, 0.15) is 0 Å². The number of hydrogen-bond donors (Lipinski definition) is 0. The number of nitrogens with zero attached hydrogens (tertiary/aromatic N) is 1. The molecule has 0 aliphatic heterocycles. The number of benzene rings is 1. The van der Waals surface area contributed by atoms with Gasteiger partial charge in [0.25, 0.3) is 0 Å². The van der Waals surface area contributed by atoms with Crippen molar-refractivity contribution in [2.75, 3.05) is 6.61 Å². The first-order chi connectivity index (χ1) is 6.33. The zero-order valence-corrected chi connectivity index (χ0v) is 8.65. The minimum atomic E-state index is 0.615. The van der Waals surface area contributed by atoms with Gasteiger partial charge in [-0.2, -0.15) is 4.37 Å². The first kappa shape index (κ1) is 8.78. The molecule has 0 amide bonds. The van der Waals surface area contributed by atoms with E-state index < -0.39 is 0 Å². The molecule has 2 nitrogen and oxygen atoms in total. The van der Waals surface area contributed by atoms with Gasteiger partial charge in [0.15, 0.2) is 0 Å². The third-order valence-corrected chi connectivity index (χ3v) is 2.81. The Hall–Kier alpha value is -0.800. The second-order valence-electron chi connectivity index (χ2n) is 2.53. The summed E-state index contributed by atoms with van der Waals surface area (Å²) in [6.45, 7) is 2.55. The Kier molecular flexibility index (Phi) is 2.38. The van der Waals surface area contributed by atoms with Crippen LogP contribution < -0.4 is 4.74 Å². The van der Waals surface area contributed by atoms with Crippen molar-refractivity contribution < 1.29 is 4.74 Å². The summed E-state index contributed by atoms with van der Waals surface area (Å²) in [6, 6.07) is 5.75. The SMILES string of the molecule is CCOc1nsc2cccc(Cl)c12. The lowest BCUT2D eigenvalue weighted by Gasteiger charge is -1.98. The molecule has 0 aliphatic carbocycles. The van der Waals surface area contributed by atoms with Gasteiger partial charge in [-0.1, -0.05) is 17.7 Å². The van der Waals surface area contributed by atoms with Crippen LogP contribution in [0.25, 0.3) is 10.1 Å². The summed E-state index contributed by atoms with van der Waals surface area (Å²) in [5.74, 6) is 0.646. The fourth-order valence-corrected chi connectivity index (χ4v) is 2.22. The molecule has 0 fully saturated rings. The Bertz CT molecular complexity index is 426. The van der Waals surface area contributed by atoms with Crippen LogP contribution >= 0.6 is 23.1 Å². The van der Waals surface area contributed by atoms with Gasteiger partial charge in [-0.15, -0.1) is 0 Å². The molecule has 0 spiro atoms. The minimum absolute atomic E-state index is 0.615. The third kappa shape index (κ3) is 1.49. The average molecular weight is 214 g/mol. The highest BCUT2D eigenvalue weighted by Crippen LogP contribution is 2.34. The number of rotatable bonds is 2. The largest absolute Gasteiger partial charge is 0.477 e. The van der Waals surface area contributed by atoms with E-state index in [1.165, 1.54) is 11.5 Å². The molecule has 0 atom stereocenters. The molecule has 2 rings (SSSR count). The summed E-state index contributed by atoms with van der Waals surface area (Å²) >= 11 is 7.43. The van der Waals surface area contributed by atoms with E-state index in [4.69, 9.17) is 16.3 Å². The topological polar surface area (TPSA) is 22.1 Å². The van der Waals surface area contributed by atoms with Crippen molar-refractivity contribution in [2.24, 2.45) is 0 Å². The van der Waals surface area contributed by atoms with Gasteiger partial charge in [0.05, 0.1) is 21.7 Å². The van der Waals surface area contributed by atoms with Gasteiger partial charge < -0.3 is 4.74 Å². The van der Waals surface area contributed by atoms with Crippen LogP contribution in [0.2, 0.25) is 5.02 Å². The lowest BCUT2D eigenvalue weighted by molar-refractivity contribution is 0.334. The lowest BCUT2D eigenvalue weighted by atomic mass is 10.3. The fraction of sp³-hybridized carbons (Fsp3) is 0.222. The van der Waals surface area contributed by atoms with Gasteiger partial charge in [-0.05, 0) is 30.6 Å². The van der Waals surface area contributed by atoms with Crippen molar-refractivity contribution >= 4 is 33.2 Å². The van der Waals surface area contributed by atoms with E-state index in [2.05, 4.69) is 4.37 Å². The van der Waals surface area contributed by atoms with Crippen molar-refractivity contribution in [1.82, 2.24) is 4.37 Å². The Morgan fingerprint density at radius 2 is 2.38 bits per heavy atom. The maximum atomic E-state index is 6.03. The molecular formula is C9H8ClNOS. The Morgan fingerprint density at radius 3 is 3.15 bits per heavy atom. The summed E-state index contributed by atoms with van der Waals surface area (Å²) in [6.07, 6.45) is 0. The second kappa shape index (κ2) is 3.52. The zero-order valence-electron chi connectivity index (χ0n) is 7.08. The molecule has 0 bridgehead atoms. The van der Waals surface area contributed by atoms with Crippen LogP contribution in [0.4, 0.5) is 0 Å². The van der Waals surface area contributed by atoms with E-state index in [9.17, 15) is 0 Å². The molecule has 0 unspecified atom stereocenters. The highest BCUT2D eigenvalue weighted by Gasteiger charge is 2.09. The second-order valence-corrected chi connectivity index (χ2v) is 3.75. The first-order valence-electron chi connectivity index (χ1n) is 3.99. The number of fused-ring (bicyclic) bond motifs is 1. The number of halogens is 1. The van der Waals surface area contributed by atoms with Crippen LogP contribution in [0.3, 0.4) is 0 Å². The maximum absolute atomic E-state index is 6.03. The predicted molar refractivity (Wildman–Crippen MR) is 55.8 cm³/mol. The van der Waals surface area contributed by atoms with E-state index >= 15 is 0 Å². The monoisotopic (exact) mass is 213 g/mol. The molecule has 0 saturated carbocycles. The van der Waals surface area contributed by atoms with E-state index in [0.717, 1.165) is 10.1 Å². The normalized spacial score (nSPS) is 10.6. The summed E-state index contributed by atoms with van der Waals surface area (Å²) in [7, 11) is 0. The highest BCUT2D eigenvalue weighted by atomic mass is 35.5. The minimum Gasteiger partial charge on any atom is -0.477 e. The Morgan fingerprint density at radius 1 is 1.54 bits per heavy atom. The van der Waals surface area contributed by atoms with Crippen LogP contribution in [-0.2, 0) is 0 Å². The van der Waals surface area contributed by atoms with Gasteiger partial charge in [-0.25, -0.2) is 0 Å². The molecule has 68 valence electrons. The maximum Gasteiger partial charge on any atom is 0.234 e. The highest BCUT2D eigenvalue weighted by molar-refractivity contribution is 7.13. The Labute approximate surface area is 85.3 Å². The molecule has 1 aromatic heterocycles. The van der Waals surface area contributed by atoms with E-state index in [0.29, 0.717) is 17.5 Å². The molecule has 0 aliphatic rings. The van der Waals surface area contributed by atoms with Crippen molar-refractivity contribution in [3.05, 3.63) is 23.2 Å². The molecule has 1 aromatic carbocycles. The van der Waals surface area contributed by atoms with Crippen molar-refractivity contribution in [3.8, 4) is 5.88 Å². The van der Waals surface area contributed by atoms with Crippen molar-refractivity contribution in [3.63, 3.8) is 0 Å². The van der Waals surface area contributed by atoms with E-state index in [1.807, 2.05) is 25.1 Å². The molecule has 13 heavy (non-hydrogen) atoms. The molecule has 0 saturated heterocycles. The van der Waals surface area contributed by atoms with Crippen LogP contribution in [0.1, 0.15) is 6.92 Å². The summed E-state index contributed by atoms with van der Waals surface area (Å²) < 4.78 is 10.6. The van der Waals surface area contributed by atoms with Crippen LogP contribution in [-0.4, -0.2) is 11.0 Å². The fourth-order valence-electron chi connectivity index (χ4n) is 1.16. The smallest absolute Gasteiger partial charge is 0.234 e. The summed E-state index contributed by atoms with van der Waals surface area (Å²) in [5.41, 5.74) is 0. The van der Waals surface area contributed by atoms with Crippen LogP contribution in [0, 0.1) is 0 Å². The molecule has 0 radical (unpaired) electrons. The molecular weight excluding hydrogens is 206 g/mol. The van der Waals surface area contributed by atoms with Crippen molar-refractivity contribution in [1.29, 1.82) is 0 Å².